The highest BCUT2D eigenvalue weighted by Crippen LogP contribution is 2.51. The molecule has 3 unspecified atom stereocenters. The Morgan fingerprint density at radius 3 is 2.89 bits per heavy atom. The van der Waals surface area contributed by atoms with Crippen LogP contribution < -0.4 is 10.6 Å². The average Bonchev–Trinajstić information content (AvgIpc) is 3.15. The highest BCUT2D eigenvalue weighted by atomic mass is 35.5. The van der Waals surface area contributed by atoms with Crippen LogP contribution in [0.3, 0.4) is 0 Å². The fourth-order valence-electron chi connectivity index (χ4n) is 4.13. The van der Waals surface area contributed by atoms with Crippen LogP contribution in [-0.2, 0) is 0 Å². The van der Waals surface area contributed by atoms with Crippen LogP contribution in [0.2, 0.25) is 10.0 Å². The minimum atomic E-state index is -0.111. The molecule has 0 saturated heterocycles. The van der Waals surface area contributed by atoms with Gasteiger partial charge in [0.1, 0.15) is 0 Å². The zero-order valence-electron chi connectivity index (χ0n) is 14.7. The van der Waals surface area contributed by atoms with E-state index in [4.69, 9.17) is 23.2 Å². The van der Waals surface area contributed by atoms with Crippen molar-refractivity contribution in [2.75, 3.05) is 11.9 Å². The highest BCUT2D eigenvalue weighted by Gasteiger charge is 2.39. The summed E-state index contributed by atoms with van der Waals surface area (Å²) in [5.74, 6) is 0.494. The van der Waals surface area contributed by atoms with Gasteiger partial charge < -0.3 is 10.6 Å². The molecule has 5 heteroatoms. The molecular weight excluding hydrogens is 379 g/mol. The Bertz CT molecular complexity index is 938. The number of anilines is 1. The van der Waals surface area contributed by atoms with Crippen LogP contribution in [0.15, 0.2) is 61.2 Å². The Morgan fingerprint density at radius 1 is 1.26 bits per heavy atom. The molecule has 1 aliphatic carbocycles. The molecule has 2 aromatic rings. The van der Waals surface area contributed by atoms with Crippen molar-refractivity contribution in [1.82, 2.24) is 5.32 Å². The zero-order valence-corrected chi connectivity index (χ0v) is 16.2. The first-order valence-electron chi connectivity index (χ1n) is 9.00. The van der Waals surface area contributed by atoms with Crippen molar-refractivity contribution in [2.45, 2.75) is 18.4 Å². The van der Waals surface area contributed by atoms with E-state index in [-0.39, 0.29) is 17.9 Å². The number of fused-ring (bicyclic) bond motifs is 3. The van der Waals surface area contributed by atoms with Crippen LogP contribution in [0.25, 0.3) is 0 Å². The molecule has 138 valence electrons. The molecule has 3 nitrogen and oxygen atoms in total. The molecule has 1 amide bonds. The summed E-state index contributed by atoms with van der Waals surface area (Å²) >= 11 is 12.6. The van der Waals surface area contributed by atoms with E-state index in [0.717, 1.165) is 23.2 Å². The molecule has 2 aliphatic rings. The van der Waals surface area contributed by atoms with Crippen LogP contribution in [0.4, 0.5) is 5.69 Å². The molecule has 4 rings (SSSR count). The molecule has 0 fully saturated rings. The molecule has 0 saturated carbocycles. The third-order valence-corrected chi connectivity index (χ3v) is 5.91. The lowest BCUT2D eigenvalue weighted by atomic mass is 9.76. The zero-order chi connectivity index (χ0) is 19.0. The maximum atomic E-state index is 12.7. The Morgan fingerprint density at radius 2 is 2.11 bits per heavy atom. The van der Waals surface area contributed by atoms with E-state index in [2.05, 4.69) is 35.4 Å². The minimum Gasteiger partial charge on any atom is -0.377 e. The van der Waals surface area contributed by atoms with Crippen LogP contribution >= 0.6 is 23.2 Å². The molecule has 1 aliphatic heterocycles. The molecule has 27 heavy (non-hydrogen) atoms. The van der Waals surface area contributed by atoms with Gasteiger partial charge in [0.15, 0.2) is 0 Å². The first-order chi connectivity index (χ1) is 13.1. The van der Waals surface area contributed by atoms with Gasteiger partial charge in [-0.25, -0.2) is 0 Å². The van der Waals surface area contributed by atoms with E-state index in [1.807, 2.05) is 24.3 Å². The fourth-order valence-corrected chi connectivity index (χ4v) is 4.66. The van der Waals surface area contributed by atoms with E-state index in [9.17, 15) is 4.79 Å². The third kappa shape index (κ3) is 3.26. The molecule has 0 bridgehead atoms. The van der Waals surface area contributed by atoms with E-state index in [0.29, 0.717) is 28.1 Å². The summed E-state index contributed by atoms with van der Waals surface area (Å²) in [6, 6.07) is 11.5. The van der Waals surface area contributed by atoms with E-state index in [1.165, 1.54) is 0 Å². The summed E-state index contributed by atoms with van der Waals surface area (Å²) in [5, 5.41) is 7.75. The number of hydrogen-bond acceptors (Lipinski definition) is 2. The molecule has 0 radical (unpaired) electrons. The molecule has 0 spiro atoms. The van der Waals surface area contributed by atoms with Gasteiger partial charge in [0.2, 0.25) is 0 Å². The lowest BCUT2D eigenvalue weighted by Gasteiger charge is -2.38. The van der Waals surface area contributed by atoms with Gasteiger partial charge in [-0.1, -0.05) is 59.6 Å². The Labute approximate surface area is 169 Å². The number of halogens is 2. The largest absolute Gasteiger partial charge is 0.377 e. The average molecular weight is 399 g/mol. The lowest BCUT2D eigenvalue weighted by molar-refractivity contribution is 0.0958. The Hall–Kier alpha value is -2.23. The maximum absolute atomic E-state index is 12.7. The summed E-state index contributed by atoms with van der Waals surface area (Å²) in [5.41, 5.74) is 3.68. The van der Waals surface area contributed by atoms with Crippen molar-refractivity contribution >= 4 is 34.8 Å². The fraction of sp³-hybridized carbons (Fsp3) is 0.227. The molecule has 2 N–H and O–H groups in total. The summed E-state index contributed by atoms with van der Waals surface area (Å²) in [6.07, 6.45) is 7.10. The number of para-hydroxylation sites is 1. The second-order valence-electron chi connectivity index (χ2n) is 6.91. The monoisotopic (exact) mass is 398 g/mol. The molecule has 1 heterocycles. The number of benzene rings is 2. The summed E-state index contributed by atoms with van der Waals surface area (Å²) in [6.45, 7) is 4.09. The van der Waals surface area contributed by atoms with Crippen LogP contribution in [0.5, 0.6) is 0 Å². The predicted octanol–water partition coefficient (Wildman–Crippen LogP) is 5.74. The quantitative estimate of drug-likeness (QED) is 0.644. The topological polar surface area (TPSA) is 41.1 Å². The highest BCUT2D eigenvalue weighted by molar-refractivity contribution is 6.35. The number of rotatable bonds is 4. The summed E-state index contributed by atoms with van der Waals surface area (Å²) in [4.78, 5) is 12.7. The SMILES string of the molecule is C=CCNC(=O)c1cccc2c1NC(c1ccc(Cl)cc1Cl)C1CC=CC21. The van der Waals surface area contributed by atoms with Crippen molar-refractivity contribution in [3.05, 3.63) is 87.9 Å². The van der Waals surface area contributed by atoms with E-state index in [1.54, 1.807) is 12.1 Å². The van der Waals surface area contributed by atoms with Crippen molar-refractivity contribution < 1.29 is 4.79 Å². The summed E-state index contributed by atoms with van der Waals surface area (Å²) < 4.78 is 0. The predicted molar refractivity (Wildman–Crippen MR) is 112 cm³/mol. The van der Waals surface area contributed by atoms with Gasteiger partial charge in [-0.3, -0.25) is 4.79 Å². The minimum absolute atomic E-state index is 0.00983. The van der Waals surface area contributed by atoms with Crippen molar-refractivity contribution in [3.63, 3.8) is 0 Å². The van der Waals surface area contributed by atoms with Crippen LogP contribution in [0.1, 0.15) is 39.9 Å². The van der Waals surface area contributed by atoms with Gasteiger partial charge in [-0.2, -0.15) is 0 Å². The maximum Gasteiger partial charge on any atom is 0.253 e. The number of nitrogens with one attached hydrogen (secondary N) is 2. The van der Waals surface area contributed by atoms with E-state index < -0.39 is 0 Å². The van der Waals surface area contributed by atoms with Crippen molar-refractivity contribution in [1.29, 1.82) is 0 Å². The standard InChI is InChI=1S/C22H20Cl2N2O/c1-2-11-25-22(27)18-8-4-7-16-14-5-3-6-15(14)20(26-21(16)18)17-10-9-13(23)12-19(17)24/h2-5,7-10,12,14-15,20,26H,1,6,11H2,(H,25,27). The van der Waals surface area contributed by atoms with E-state index >= 15 is 0 Å². The number of allylic oxidation sites excluding steroid dienone is 2. The van der Waals surface area contributed by atoms with Gasteiger partial charge in [-0.15, -0.1) is 6.58 Å². The van der Waals surface area contributed by atoms with Gasteiger partial charge in [-0.05, 0) is 41.7 Å². The number of amides is 1. The van der Waals surface area contributed by atoms with Gasteiger partial charge >= 0.3 is 0 Å². The molecule has 3 atom stereocenters. The first-order valence-corrected chi connectivity index (χ1v) is 9.76. The van der Waals surface area contributed by atoms with Crippen molar-refractivity contribution in [2.24, 2.45) is 5.92 Å². The van der Waals surface area contributed by atoms with Crippen LogP contribution in [0, 0.1) is 5.92 Å². The van der Waals surface area contributed by atoms with Crippen LogP contribution in [-0.4, -0.2) is 12.5 Å². The number of carbonyl (C=O) groups is 1. The Kier molecular flexibility index (Phi) is 4.98. The number of carbonyl (C=O) groups excluding carboxylic acids is 1. The molecular formula is C22H20Cl2N2O. The Balaban J connectivity index is 1.78. The smallest absolute Gasteiger partial charge is 0.253 e. The normalized spacial score (nSPS) is 22.5. The third-order valence-electron chi connectivity index (χ3n) is 5.35. The number of hydrogen-bond donors (Lipinski definition) is 2. The van der Waals surface area contributed by atoms with Gasteiger partial charge in [0, 0.05) is 22.5 Å². The molecule has 0 aromatic heterocycles. The lowest BCUT2D eigenvalue weighted by Crippen LogP contribution is -2.32. The van der Waals surface area contributed by atoms with Gasteiger partial charge in [0.05, 0.1) is 17.3 Å². The first kappa shape index (κ1) is 18.1. The van der Waals surface area contributed by atoms with Crippen molar-refractivity contribution in [3.8, 4) is 0 Å². The van der Waals surface area contributed by atoms with Gasteiger partial charge in [0.25, 0.3) is 5.91 Å². The second kappa shape index (κ2) is 7.41. The second-order valence-corrected chi connectivity index (χ2v) is 7.75. The molecule has 2 aromatic carbocycles. The summed E-state index contributed by atoms with van der Waals surface area (Å²) in [7, 11) is 0.